The summed E-state index contributed by atoms with van der Waals surface area (Å²) in [5.74, 6) is 0. The lowest BCUT2D eigenvalue weighted by atomic mass is 10.0. The van der Waals surface area contributed by atoms with E-state index < -0.39 is 0 Å². The molecule has 0 aliphatic rings. The molecule has 234 valence electrons. The summed E-state index contributed by atoms with van der Waals surface area (Å²) in [7, 11) is 0. The largest absolute Gasteiger partial charge is 0.309 e. The molecule has 0 saturated heterocycles. The Hall–Kier alpha value is -5.86. The van der Waals surface area contributed by atoms with E-state index in [0.717, 1.165) is 0 Å². The van der Waals surface area contributed by atoms with Gasteiger partial charge in [0.25, 0.3) is 0 Å². The van der Waals surface area contributed by atoms with E-state index in [4.69, 9.17) is 0 Å². The molecule has 0 radical (unpaired) electrons. The number of aryl methyl sites for hydroxylation is 2. The minimum Gasteiger partial charge on any atom is -0.309 e. The maximum Gasteiger partial charge on any atom is 0.0541 e. The molecule has 2 aromatic heterocycles. The average Bonchev–Trinajstić information content (AvgIpc) is 3.66. The molecule has 48 heavy (non-hydrogen) atoms. The van der Waals surface area contributed by atoms with E-state index >= 15 is 0 Å². The molecule has 0 amide bonds. The van der Waals surface area contributed by atoms with Gasteiger partial charge in [0.15, 0.2) is 0 Å². The molecule has 2 heterocycles. The van der Waals surface area contributed by atoms with Gasteiger partial charge in [0.1, 0.15) is 0 Å². The van der Waals surface area contributed by atoms with E-state index in [2.05, 4.69) is 193 Å². The van der Waals surface area contributed by atoms with Gasteiger partial charge in [-0.3, -0.25) is 0 Å². The summed E-state index contributed by atoms with van der Waals surface area (Å²) in [5.41, 5.74) is 12.5. The zero-order chi connectivity index (χ0) is 33.0. The quantitative estimate of drug-likeness (QED) is 0.186. The predicted octanol–water partition coefficient (Wildman–Crippen LogP) is 12.9. The number of para-hydroxylation sites is 4. The molecule has 0 atom stereocenters. The van der Waals surface area contributed by atoms with Gasteiger partial charge >= 0.3 is 0 Å². The Morgan fingerprint density at radius 2 is 0.750 bits per heavy atom. The van der Waals surface area contributed by atoms with Crippen molar-refractivity contribution in [2.75, 3.05) is 0 Å². The number of nitrogens with zero attached hydrogens (tertiary/aromatic N) is 2. The first-order valence-electron chi connectivity index (χ1n) is 16.9. The lowest BCUT2D eigenvalue weighted by Crippen LogP contribution is -1.92. The van der Waals surface area contributed by atoms with Crippen LogP contribution < -0.4 is 0 Å². The molecule has 0 saturated carbocycles. The molecule has 0 aliphatic heterocycles. The Bertz CT molecular complexity index is 2480. The second-order valence-corrected chi connectivity index (χ2v) is 12.0. The average molecular weight is 621 g/mol. The van der Waals surface area contributed by atoms with Crippen LogP contribution in [0.5, 0.6) is 0 Å². The van der Waals surface area contributed by atoms with Crippen molar-refractivity contribution < 1.29 is 0 Å². The van der Waals surface area contributed by atoms with Gasteiger partial charge in [-0.15, -0.1) is 0 Å². The van der Waals surface area contributed by atoms with Crippen molar-refractivity contribution in [1.29, 1.82) is 0 Å². The van der Waals surface area contributed by atoms with Gasteiger partial charge in [0.05, 0.1) is 22.1 Å². The van der Waals surface area contributed by atoms with E-state index in [1.807, 2.05) is 13.8 Å². The molecule has 0 bridgehead atoms. The van der Waals surface area contributed by atoms with Gasteiger partial charge in [0, 0.05) is 32.9 Å². The van der Waals surface area contributed by atoms with Crippen molar-refractivity contribution in [3.63, 3.8) is 0 Å². The summed E-state index contributed by atoms with van der Waals surface area (Å²) >= 11 is 0. The Morgan fingerprint density at radius 3 is 1.31 bits per heavy atom. The molecule has 0 aliphatic carbocycles. The summed E-state index contributed by atoms with van der Waals surface area (Å²) < 4.78 is 4.69. The molecule has 2 heteroatoms. The third-order valence-corrected chi connectivity index (χ3v) is 8.88. The highest BCUT2D eigenvalue weighted by molar-refractivity contribution is 6.11. The fraction of sp³-hybridized carbons (Fsp3) is 0.0870. The third kappa shape index (κ3) is 5.67. The minimum atomic E-state index is 1.20. The van der Waals surface area contributed by atoms with Gasteiger partial charge in [-0.25, -0.2) is 0 Å². The fourth-order valence-electron chi connectivity index (χ4n) is 6.77. The lowest BCUT2D eigenvalue weighted by molar-refractivity contribution is 1.18. The molecule has 0 spiro atoms. The van der Waals surface area contributed by atoms with E-state index in [9.17, 15) is 0 Å². The van der Waals surface area contributed by atoms with E-state index in [0.29, 0.717) is 0 Å². The second-order valence-electron chi connectivity index (χ2n) is 12.0. The first-order valence-corrected chi connectivity index (χ1v) is 16.9. The highest BCUT2D eigenvalue weighted by Gasteiger charge is 2.13. The maximum absolute atomic E-state index is 2.35. The smallest absolute Gasteiger partial charge is 0.0541 e. The summed E-state index contributed by atoms with van der Waals surface area (Å²) in [4.78, 5) is 0. The minimum absolute atomic E-state index is 1.20. The van der Waals surface area contributed by atoms with Gasteiger partial charge in [-0.1, -0.05) is 134 Å². The van der Waals surface area contributed by atoms with E-state index in [1.165, 1.54) is 77.2 Å². The molecular weight excluding hydrogens is 581 g/mol. The Morgan fingerprint density at radius 1 is 0.312 bits per heavy atom. The van der Waals surface area contributed by atoms with Crippen LogP contribution >= 0.6 is 0 Å². The molecule has 7 aromatic carbocycles. The zero-order valence-corrected chi connectivity index (χ0v) is 28.1. The zero-order valence-electron chi connectivity index (χ0n) is 28.1. The fourth-order valence-corrected chi connectivity index (χ4v) is 6.77. The van der Waals surface area contributed by atoms with Crippen LogP contribution in [-0.4, -0.2) is 9.13 Å². The number of aromatic nitrogens is 2. The van der Waals surface area contributed by atoms with Crippen LogP contribution in [0.15, 0.2) is 170 Å². The van der Waals surface area contributed by atoms with Gasteiger partial charge in [-0.05, 0) is 85.6 Å². The monoisotopic (exact) mass is 620 g/mol. The number of hydrogen-bond acceptors (Lipinski definition) is 0. The Labute approximate surface area is 283 Å². The topological polar surface area (TPSA) is 9.86 Å². The molecule has 9 rings (SSSR count). The first kappa shape index (κ1) is 30.8. The number of fused-ring (bicyclic) bond motifs is 6. The Kier molecular flexibility index (Phi) is 8.64. The Balaban J connectivity index is 0.000000149. The normalized spacial score (nSPS) is 10.9. The maximum atomic E-state index is 2.35. The standard InChI is InChI=1S/C25H19N.C19H15N.C2H6/c1-18-8-7-9-19(16-18)20-14-15-25-23(17-20)22-12-5-6-13-24(22)26(25)21-10-3-2-4-11-21;1-14-11-12-19-17(13-14)16-9-5-6-10-18(16)20(19)15-7-3-2-4-8-15;1-2/h2-17H,1H3;2-13H,1H3;1-2H3. The number of rotatable bonds is 3. The van der Waals surface area contributed by atoms with Crippen LogP contribution in [0.2, 0.25) is 0 Å². The van der Waals surface area contributed by atoms with Crippen molar-refractivity contribution in [1.82, 2.24) is 9.13 Å². The summed E-state index contributed by atoms with van der Waals surface area (Å²) in [5, 5.41) is 5.23. The molecular formula is C46H40N2. The molecule has 0 unspecified atom stereocenters. The number of hydrogen-bond donors (Lipinski definition) is 0. The van der Waals surface area contributed by atoms with Crippen LogP contribution in [0.3, 0.4) is 0 Å². The van der Waals surface area contributed by atoms with E-state index in [1.54, 1.807) is 0 Å². The first-order chi connectivity index (χ1) is 23.7. The van der Waals surface area contributed by atoms with Gasteiger partial charge in [0.2, 0.25) is 0 Å². The second kappa shape index (κ2) is 13.5. The highest BCUT2D eigenvalue weighted by Crippen LogP contribution is 2.35. The molecule has 0 fully saturated rings. The van der Waals surface area contributed by atoms with Crippen LogP contribution in [0, 0.1) is 13.8 Å². The van der Waals surface area contributed by atoms with Gasteiger partial charge < -0.3 is 9.13 Å². The molecule has 9 aromatic rings. The summed E-state index contributed by atoms with van der Waals surface area (Å²) in [6.45, 7) is 8.29. The van der Waals surface area contributed by atoms with Gasteiger partial charge in [-0.2, -0.15) is 0 Å². The van der Waals surface area contributed by atoms with Crippen molar-refractivity contribution in [2.45, 2.75) is 27.7 Å². The highest BCUT2D eigenvalue weighted by atomic mass is 15.0. The summed E-state index contributed by atoms with van der Waals surface area (Å²) in [6, 6.07) is 60.6. The van der Waals surface area contributed by atoms with Crippen LogP contribution in [0.1, 0.15) is 25.0 Å². The van der Waals surface area contributed by atoms with Crippen LogP contribution in [0.4, 0.5) is 0 Å². The lowest BCUT2D eigenvalue weighted by Gasteiger charge is -2.08. The van der Waals surface area contributed by atoms with Crippen molar-refractivity contribution in [3.8, 4) is 22.5 Å². The molecule has 2 nitrogen and oxygen atoms in total. The van der Waals surface area contributed by atoms with Crippen molar-refractivity contribution in [3.05, 3.63) is 181 Å². The summed E-state index contributed by atoms with van der Waals surface area (Å²) in [6.07, 6.45) is 0. The van der Waals surface area contributed by atoms with Crippen molar-refractivity contribution in [2.24, 2.45) is 0 Å². The van der Waals surface area contributed by atoms with Crippen LogP contribution in [0.25, 0.3) is 66.1 Å². The van der Waals surface area contributed by atoms with Crippen molar-refractivity contribution >= 4 is 43.6 Å². The predicted molar refractivity (Wildman–Crippen MR) is 208 cm³/mol. The molecule has 0 N–H and O–H groups in total. The third-order valence-electron chi connectivity index (χ3n) is 8.88. The van der Waals surface area contributed by atoms with Crippen LogP contribution in [-0.2, 0) is 0 Å². The SMILES string of the molecule is CC.Cc1ccc2c(c1)c1ccccc1n2-c1ccccc1.Cc1cccc(-c2ccc3c(c2)c2ccccc2n3-c2ccccc2)c1. The number of benzene rings is 7. The van der Waals surface area contributed by atoms with E-state index in [-0.39, 0.29) is 0 Å².